The first-order chi connectivity index (χ1) is 9.74. The van der Waals surface area contributed by atoms with Crippen molar-refractivity contribution in [2.45, 2.75) is 19.8 Å². The summed E-state index contributed by atoms with van der Waals surface area (Å²) in [6, 6.07) is 3.89. The second-order valence-electron chi connectivity index (χ2n) is 5.27. The Balaban J connectivity index is 2.08. The van der Waals surface area contributed by atoms with Crippen LogP contribution in [0.1, 0.15) is 30.3 Å². The Kier molecular flexibility index (Phi) is 5.35. The summed E-state index contributed by atoms with van der Waals surface area (Å²) in [4.78, 5) is 18.4. The van der Waals surface area contributed by atoms with Crippen molar-refractivity contribution in [2.75, 3.05) is 38.1 Å². The number of amides is 1. The van der Waals surface area contributed by atoms with Gasteiger partial charge in [-0.15, -0.1) is 0 Å². The van der Waals surface area contributed by atoms with E-state index >= 15 is 0 Å². The Morgan fingerprint density at radius 2 is 2.40 bits per heavy atom. The molecule has 5 nitrogen and oxygen atoms in total. The number of carbonyl (C=O) groups excluding carboxylic acids is 1. The molecule has 0 aromatic carbocycles. The maximum Gasteiger partial charge on any atom is 0.269 e. The van der Waals surface area contributed by atoms with Crippen LogP contribution in [0.3, 0.4) is 0 Å². The van der Waals surface area contributed by atoms with E-state index in [2.05, 4.69) is 20.5 Å². The molecule has 5 heteroatoms. The molecule has 2 N–H and O–H groups in total. The summed E-state index contributed by atoms with van der Waals surface area (Å²) in [6.45, 7) is 5.68. The van der Waals surface area contributed by atoms with E-state index < -0.39 is 0 Å². The molecule has 2 heterocycles. The van der Waals surface area contributed by atoms with Gasteiger partial charge in [0, 0.05) is 31.5 Å². The van der Waals surface area contributed by atoms with Crippen LogP contribution in [0.2, 0.25) is 0 Å². The highest BCUT2D eigenvalue weighted by Gasteiger charge is 2.20. The zero-order chi connectivity index (χ0) is 14.4. The highest BCUT2D eigenvalue weighted by molar-refractivity contribution is 5.93. The first kappa shape index (κ1) is 14.8. The second-order valence-corrected chi connectivity index (χ2v) is 5.27. The van der Waals surface area contributed by atoms with Gasteiger partial charge in [-0.05, 0) is 51.4 Å². The van der Waals surface area contributed by atoms with Gasteiger partial charge >= 0.3 is 0 Å². The number of anilines is 1. The number of rotatable bonds is 5. The van der Waals surface area contributed by atoms with Gasteiger partial charge in [-0.2, -0.15) is 0 Å². The lowest BCUT2D eigenvalue weighted by atomic mass is 9.97. The van der Waals surface area contributed by atoms with Crippen molar-refractivity contribution in [3.63, 3.8) is 0 Å². The predicted octanol–water partition coefficient (Wildman–Crippen LogP) is 1.27. The third kappa shape index (κ3) is 3.70. The van der Waals surface area contributed by atoms with E-state index in [4.69, 9.17) is 0 Å². The molecule has 1 saturated heterocycles. The van der Waals surface area contributed by atoms with E-state index in [-0.39, 0.29) is 5.91 Å². The SMILES string of the molecule is CCNC(=O)c1cc(N2CCCC(CNC)C2)ccn1. The Morgan fingerprint density at radius 3 is 3.15 bits per heavy atom. The van der Waals surface area contributed by atoms with Gasteiger partial charge in [-0.1, -0.05) is 0 Å². The minimum atomic E-state index is -0.0989. The van der Waals surface area contributed by atoms with Gasteiger partial charge < -0.3 is 15.5 Å². The molecule has 1 fully saturated rings. The molecule has 20 heavy (non-hydrogen) atoms. The maximum absolute atomic E-state index is 11.8. The topological polar surface area (TPSA) is 57.3 Å². The standard InChI is InChI=1S/C15H24N4O/c1-3-17-15(20)14-9-13(6-7-18-14)19-8-4-5-12(11-19)10-16-2/h6-7,9,12,16H,3-5,8,10-11H2,1-2H3,(H,17,20). The predicted molar refractivity (Wildman–Crippen MR) is 81.1 cm³/mol. The van der Waals surface area contributed by atoms with Crippen molar-refractivity contribution < 1.29 is 4.79 Å². The van der Waals surface area contributed by atoms with Crippen molar-refractivity contribution >= 4 is 11.6 Å². The molecule has 1 atom stereocenters. The summed E-state index contributed by atoms with van der Waals surface area (Å²) >= 11 is 0. The number of hydrogen-bond donors (Lipinski definition) is 2. The summed E-state index contributed by atoms with van der Waals surface area (Å²) in [5.41, 5.74) is 1.60. The molecule has 1 aromatic rings. The number of piperidine rings is 1. The van der Waals surface area contributed by atoms with Crippen LogP contribution < -0.4 is 15.5 Å². The molecule has 0 aliphatic carbocycles. The molecule has 0 spiro atoms. The highest BCUT2D eigenvalue weighted by atomic mass is 16.1. The van der Waals surface area contributed by atoms with Crippen LogP contribution in [0.5, 0.6) is 0 Å². The lowest BCUT2D eigenvalue weighted by molar-refractivity contribution is 0.0951. The molecular formula is C15H24N4O. The molecule has 1 unspecified atom stereocenters. The fourth-order valence-corrected chi connectivity index (χ4v) is 2.75. The Hall–Kier alpha value is -1.62. The van der Waals surface area contributed by atoms with Crippen LogP contribution in [0, 0.1) is 5.92 Å². The minimum Gasteiger partial charge on any atom is -0.371 e. The molecule has 1 aliphatic rings. The van der Waals surface area contributed by atoms with Gasteiger partial charge in [0.25, 0.3) is 5.91 Å². The Labute approximate surface area is 120 Å². The lowest BCUT2D eigenvalue weighted by Gasteiger charge is -2.34. The molecule has 2 rings (SSSR count). The monoisotopic (exact) mass is 276 g/mol. The fourth-order valence-electron chi connectivity index (χ4n) is 2.75. The Bertz CT molecular complexity index is 447. The van der Waals surface area contributed by atoms with E-state index in [0.717, 1.165) is 25.3 Å². The van der Waals surface area contributed by atoms with E-state index in [1.165, 1.54) is 12.8 Å². The van der Waals surface area contributed by atoms with E-state index in [0.29, 0.717) is 18.2 Å². The van der Waals surface area contributed by atoms with Gasteiger partial charge in [-0.25, -0.2) is 0 Å². The average molecular weight is 276 g/mol. The highest BCUT2D eigenvalue weighted by Crippen LogP contribution is 2.23. The number of pyridine rings is 1. The third-order valence-electron chi connectivity index (χ3n) is 3.69. The van der Waals surface area contributed by atoms with Gasteiger partial charge in [0.2, 0.25) is 0 Å². The average Bonchev–Trinajstić information content (AvgIpc) is 2.48. The van der Waals surface area contributed by atoms with Gasteiger partial charge in [-0.3, -0.25) is 9.78 Å². The minimum absolute atomic E-state index is 0.0989. The summed E-state index contributed by atoms with van der Waals surface area (Å²) in [6.07, 6.45) is 4.19. The smallest absolute Gasteiger partial charge is 0.269 e. The summed E-state index contributed by atoms with van der Waals surface area (Å²) in [5, 5.41) is 6.04. The van der Waals surface area contributed by atoms with Crippen LogP contribution in [0.4, 0.5) is 5.69 Å². The van der Waals surface area contributed by atoms with Crippen molar-refractivity contribution in [1.29, 1.82) is 0 Å². The molecule has 1 aromatic heterocycles. The van der Waals surface area contributed by atoms with Gasteiger partial charge in [0.05, 0.1) is 0 Å². The van der Waals surface area contributed by atoms with Crippen LogP contribution in [-0.4, -0.2) is 44.1 Å². The molecule has 1 amide bonds. The second kappa shape index (κ2) is 7.24. The van der Waals surface area contributed by atoms with Crippen molar-refractivity contribution in [3.8, 4) is 0 Å². The van der Waals surface area contributed by atoms with Crippen molar-refractivity contribution in [2.24, 2.45) is 5.92 Å². The summed E-state index contributed by atoms with van der Waals surface area (Å²) in [5.74, 6) is 0.577. The molecule has 0 bridgehead atoms. The van der Waals surface area contributed by atoms with Gasteiger partial charge in [0.1, 0.15) is 5.69 Å². The maximum atomic E-state index is 11.8. The zero-order valence-electron chi connectivity index (χ0n) is 12.4. The number of nitrogens with one attached hydrogen (secondary N) is 2. The van der Waals surface area contributed by atoms with Gasteiger partial charge in [0.15, 0.2) is 0 Å². The number of carbonyl (C=O) groups is 1. The van der Waals surface area contributed by atoms with Crippen LogP contribution >= 0.6 is 0 Å². The number of nitrogens with zero attached hydrogens (tertiary/aromatic N) is 2. The summed E-state index contributed by atoms with van der Waals surface area (Å²) < 4.78 is 0. The Morgan fingerprint density at radius 1 is 1.55 bits per heavy atom. The molecular weight excluding hydrogens is 252 g/mol. The molecule has 1 aliphatic heterocycles. The van der Waals surface area contributed by atoms with Crippen LogP contribution in [-0.2, 0) is 0 Å². The van der Waals surface area contributed by atoms with E-state index in [1.807, 2.05) is 26.1 Å². The molecule has 110 valence electrons. The number of aromatic nitrogens is 1. The van der Waals surface area contributed by atoms with Crippen LogP contribution in [0.15, 0.2) is 18.3 Å². The van der Waals surface area contributed by atoms with E-state index in [9.17, 15) is 4.79 Å². The van der Waals surface area contributed by atoms with Crippen molar-refractivity contribution in [3.05, 3.63) is 24.0 Å². The molecule has 0 radical (unpaired) electrons. The van der Waals surface area contributed by atoms with E-state index in [1.54, 1.807) is 6.20 Å². The third-order valence-corrected chi connectivity index (χ3v) is 3.69. The first-order valence-corrected chi connectivity index (χ1v) is 7.38. The zero-order valence-corrected chi connectivity index (χ0v) is 12.4. The molecule has 0 saturated carbocycles. The number of hydrogen-bond acceptors (Lipinski definition) is 4. The summed E-state index contributed by atoms with van der Waals surface area (Å²) in [7, 11) is 2.00. The van der Waals surface area contributed by atoms with Crippen LogP contribution in [0.25, 0.3) is 0 Å². The lowest BCUT2D eigenvalue weighted by Crippen LogP contribution is -2.39. The van der Waals surface area contributed by atoms with Crippen molar-refractivity contribution in [1.82, 2.24) is 15.6 Å². The quantitative estimate of drug-likeness (QED) is 0.850. The largest absolute Gasteiger partial charge is 0.371 e. The first-order valence-electron chi connectivity index (χ1n) is 7.38. The fraction of sp³-hybridized carbons (Fsp3) is 0.600. The normalized spacial score (nSPS) is 18.9.